The minimum absolute atomic E-state index is 0.109. The highest BCUT2D eigenvalue weighted by Crippen LogP contribution is 2.23. The van der Waals surface area contributed by atoms with E-state index in [9.17, 15) is 9.59 Å². The Bertz CT molecular complexity index is 720. The van der Waals surface area contributed by atoms with Gasteiger partial charge in [0.05, 0.1) is 27.0 Å². The Kier molecular flexibility index (Phi) is 5.25. The maximum Gasteiger partial charge on any atom is 0.340 e. The molecule has 3 N–H and O–H groups in total. The van der Waals surface area contributed by atoms with Crippen LogP contribution in [0, 0.1) is 0 Å². The molecule has 0 aliphatic carbocycles. The van der Waals surface area contributed by atoms with Crippen molar-refractivity contribution in [1.29, 1.82) is 0 Å². The maximum atomic E-state index is 11.9. The van der Waals surface area contributed by atoms with Gasteiger partial charge in [-0.3, -0.25) is 4.79 Å². The lowest BCUT2D eigenvalue weighted by molar-refractivity contribution is -0.119. The van der Waals surface area contributed by atoms with Crippen LogP contribution in [0.25, 0.3) is 0 Å². The van der Waals surface area contributed by atoms with Crippen LogP contribution in [0.5, 0.6) is 0 Å². The van der Waals surface area contributed by atoms with Crippen molar-refractivity contribution in [3.8, 4) is 0 Å². The third-order valence-corrected chi connectivity index (χ3v) is 3.41. The lowest BCUT2D eigenvalue weighted by Gasteiger charge is -2.09. The Balaban J connectivity index is 1.95. The van der Waals surface area contributed by atoms with Crippen molar-refractivity contribution < 1.29 is 14.3 Å². The average Bonchev–Trinajstić information content (AvgIpc) is 2.50. The van der Waals surface area contributed by atoms with E-state index in [1.165, 1.54) is 6.07 Å². The van der Waals surface area contributed by atoms with Gasteiger partial charge in [-0.05, 0) is 24.3 Å². The molecule has 2 aromatic carbocycles. The normalized spacial score (nSPS) is 10.1. The van der Waals surface area contributed by atoms with Crippen LogP contribution in [0.2, 0.25) is 10.0 Å². The van der Waals surface area contributed by atoms with Crippen molar-refractivity contribution in [2.75, 3.05) is 17.7 Å². The van der Waals surface area contributed by atoms with Crippen LogP contribution in [0.1, 0.15) is 10.4 Å². The lowest BCUT2D eigenvalue weighted by Crippen LogP contribution is -2.21. The second-order valence-electron chi connectivity index (χ2n) is 4.31. The number of nitrogens with one attached hydrogen (secondary N) is 1. The second kappa shape index (κ2) is 7.15. The minimum Gasteiger partial charge on any atom is -0.452 e. The molecule has 0 radical (unpaired) electrons. The molecular formula is C15H12Cl2N2O3. The molecule has 1 amide bonds. The summed E-state index contributed by atoms with van der Waals surface area (Å²) in [6.45, 7) is -0.462. The molecule has 0 unspecified atom stereocenters. The molecule has 0 spiro atoms. The van der Waals surface area contributed by atoms with Crippen molar-refractivity contribution in [1.82, 2.24) is 0 Å². The van der Waals surface area contributed by atoms with E-state index in [2.05, 4.69) is 5.32 Å². The summed E-state index contributed by atoms with van der Waals surface area (Å²) >= 11 is 11.7. The first kappa shape index (κ1) is 16.1. The summed E-state index contributed by atoms with van der Waals surface area (Å²) in [5.41, 5.74) is 6.34. The van der Waals surface area contributed by atoms with Crippen LogP contribution in [0.15, 0.2) is 42.5 Å². The number of carbonyl (C=O) groups is 2. The zero-order chi connectivity index (χ0) is 16.1. The molecule has 114 valence electrons. The molecule has 0 aromatic heterocycles. The van der Waals surface area contributed by atoms with E-state index in [4.69, 9.17) is 33.7 Å². The van der Waals surface area contributed by atoms with E-state index in [0.717, 1.165) is 0 Å². The average molecular weight is 339 g/mol. The number of rotatable bonds is 4. The van der Waals surface area contributed by atoms with Gasteiger partial charge in [0.15, 0.2) is 6.61 Å². The van der Waals surface area contributed by atoms with Crippen molar-refractivity contribution in [3.63, 3.8) is 0 Å². The number of hydrogen-bond donors (Lipinski definition) is 2. The van der Waals surface area contributed by atoms with Gasteiger partial charge in [-0.2, -0.15) is 0 Å². The molecule has 0 aliphatic rings. The summed E-state index contributed by atoms with van der Waals surface area (Å²) in [6, 6.07) is 11.3. The monoisotopic (exact) mass is 338 g/mol. The van der Waals surface area contributed by atoms with Gasteiger partial charge in [-0.15, -0.1) is 0 Å². The van der Waals surface area contributed by atoms with Gasteiger partial charge in [0, 0.05) is 0 Å². The molecule has 0 fully saturated rings. The van der Waals surface area contributed by atoms with Gasteiger partial charge in [-0.1, -0.05) is 41.4 Å². The summed E-state index contributed by atoms with van der Waals surface area (Å²) in [5, 5.41) is 3.17. The Hall–Kier alpha value is -2.24. The summed E-state index contributed by atoms with van der Waals surface area (Å²) in [5.74, 6) is -1.24. The maximum absolute atomic E-state index is 11.9. The van der Waals surface area contributed by atoms with Crippen molar-refractivity contribution in [2.24, 2.45) is 0 Å². The molecule has 7 heteroatoms. The van der Waals surface area contributed by atoms with Gasteiger partial charge >= 0.3 is 5.97 Å². The number of ether oxygens (including phenoxy) is 1. The van der Waals surface area contributed by atoms with Gasteiger partial charge in [-0.25, -0.2) is 4.79 Å². The molecule has 0 saturated heterocycles. The largest absolute Gasteiger partial charge is 0.452 e. The number of nitrogen functional groups attached to an aromatic ring is 1. The van der Waals surface area contributed by atoms with Crippen LogP contribution in [-0.4, -0.2) is 18.5 Å². The predicted molar refractivity (Wildman–Crippen MR) is 86.2 cm³/mol. The summed E-state index contributed by atoms with van der Waals surface area (Å²) in [6.07, 6.45) is 0. The highest BCUT2D eigenvalue weighted by atomic mass is 35.5. The highest BCUT2D eigenvalue weighted by Gasteiger charge is 2.15. The lowest BCUT2D eigenvalue weighted by atomic mass is 10.2. The third-order valence-electron chi connectivity index (χ3n) is 2.76. The summed E-state index contributed by atoms with van der Waals surface area (Å²) < 4.78 is 4.91. The van der Waals surface area contributed by atoms with Crippen LogP contribution < -0.4 is 11.1 Å². The number of esters is 1. The van der Waals surface area contributed by atoms with Crippen LogP contribution in [0.4, 0.5) is 11.4 Å². The molecule has 0 heterocycles. The first-order valence-electron chi connectivity index (χ1n) is 6.24. The standard InChI is InChI=1S/C15H12Cl2N2O3/c16-10-5-1-2-7-12(10)19-13(20)8-22-15(21)9-4-3-6-11(17)14(9)18/h1-7H,8,18H2,(H,19,20). The quantitative estimate of drug-likeness (QED) is 0.661. The summed E-state index contributed by atoms with van der Waals surface area (Å²) in [4.78, 5) is 23.6. The number of para-hydroxylation sites is 2. The topological polar surface area (TPSA) is 81.4 Å². The van der Waals surface area contributed by atoms with Crippen LogP contribution >= 0.6 is 23.2 Å². The number of carbonyl (C=O) groups excluding carboxylic acids is 2. The van der Waals surface area contributed by atoms with E-state index >= 15 is 0 Å². The third kappa shape index (κ3) is 3.90. The first-order valence-corrected chi connectivity index (χ1v) is 7.00. The van der Waals surface area contributed by atoms with Crippen molar-refractivity contribution >= 4 is 46.5 Å². The number of halogens is 2. The number of anilines is 2. The zero-order valence-electron chi connectivity index (χ0n) is 11.3. The van der Waals surface area contributed by atoms with E-state index < -0.39 is 18.5 Å². The smallest absolute Gasteiger partial charge is 0.340 e. The molecule has 2 rings (SSSR count). The van der Waals surface area contributed by atoms with Gasteiger partial charge in [0.1, 0.15) is 0 Å². The SMILES string of the molecule is Nc1c(Cl)cccc1C(=O)OCC(=O)Nc1ccccc1Cl. The Morgan fingerprint density at radius 3 is 2.45 bits per heavy atom. The molecular weight excluding hydrogens is 327 g/mol. The van der Waals surface area contributed by atoms with E-state index in [1.54, 1.807) is 36.4 Å². The Morgan fingerprint density at radius 2 is 1.73 bits per heavy atom. The predicted octanol–water partition coefficient (Wildman–Crippen LogP) is 3.37. The first-order chi connectivity index (χ1) is 10.5. The molecule has 2 aromatic rings. The fraction of sp³-hybridized carbons (Fsp3) is 0.0667. The van der Waals surface area contributed by atoms with Gasteiger partial charge in [0.25, 0.3) is 5.91 Å². The Labute approximate surface area is 137 Å². The van der Waals surface area contributed by atoms with E-state index in [-0.39, 0.29) is 16.3 Å². The minimum atomic E-state index is -0.727. The van der Waals surface area contributed by atoms with Crippen molar-refractivity contribution in [3.05, 3.63) is 58.1 Å². The fourth-order valence-corrected chi connectivity index (χ4v) is 2.03. The fourth-order valence-electron chi connectivity index (χ4n) is 1.67. The van der Waals surface area contributed by atoms with Crippen LogP contribution in [0.3, 0.4) is 0 Å². The van der Waals surface area contributed by atoms with Crippen molar-refractivity contribution in [2.45, 2.75) is 0 Å². The number of amides is 1. The van der Waals surface area contributed by atoms with Gasteiger partial charge < -0.3 is 15.8 Å². The van der Waals surface area contributed by atoms with E-state index in [0.29, 0.717) is 10.7 Å². The molecule has 0 atom stereocenters. The molecule has 22 heavy (non-hydrogen) atoms. The molecule has 0 bridgehead atoms. The Morgan fingerprint density at radius 1 is 1.05 bits per heavy atom. The number of benzene rings is 2. The van der Waals surface area contributed by atoms with Gasteiger partial charge in [0.2, 0.25) is 0 Å². The zero-order valence-corrected chi connectivity index (χ0v) is 12.8. The molecule has 5 nitrogen and oxygen atoms in total. The number of hydrogen-bond acceptors (Lipinski definition) is 4. The second-order valence-corrected chi connectivity index (χ2v) is 5.12. The molecule has 0 aliphatic heterocycles. The number of nitrogens with two attached hydrogens (primary N) is 1. The molecule has 0 saturated carbocycles. The summed E-state index contributed by atoms with van der Waals surface area (Å²) in [7, 11) is 0. The highest BCUT2D eigenvalue weighted by molar-refractivity contribution is 6.34. The van der Waals surface area contributed by atoms with Crippen LogP contribution in [-0.2, 0) is 9.53 Å². The van der Waals surface area contributed by atoms with E-state index in [1.807, 2.05) is 0 Å².